The molecule has 0 unspecified atom stereocenters. The quantitative estimate of drug-likeness (QED) is 0.470. The van der Waals surface area contributed by atoms with Crippen molar-refractivity contribution in [2.24, 2.45) is 0 Å². The lowest BCUT2D eigenvalue weighted by molar-refractivity contribution is -0.117. The molecule has 2 rings (SSSR count). The van der Waals surface area contributed by atoms with Gasteiger partial charge in [-0.1, -0.05) is 6.07 Å². The fourth-order valence-corrected chi connectivity index (χ4v) is 1.82. The molecular weight excluding hydrogens is 294 g/mol. The van der Waals surface area contributed by atoms with Gasteiger partial charge < -0.3 is 20.1 Å². The lowest BCUT2D eigenvalue weighted by Gasteiger charge is -2.05. The third kappa shape index (κ3) is 4.04. The van der Waals surface area contributed by atoms with Crippen molar-refractivity contribution >= 4 is 17.5 Å². The average Bonchev–Trinajstić information content (AvgIpc) is 2.96. The molecule has 1 heterocycles. The normalized spacial score (nSPS) is 12.7. The number of nitrogens with one attached hydrogen (secondary N) is 2. The zero-order valence-corrected chi connectivity index (χ0v) is 11.9. The van der Waals surface area contributed by atoms with E-state index < -0.39 is 5.91 Å². The van der Waals surface area contributed by atoms with E-state index in [0.717, 1.165) is 5.56 Å². The Morgan fingerprint density at radius 2 is 2.24 bits per heavy atom. The average molecular weight is 308 g/mol. The number of hydrogen-bond acceptors (Lipinski definition) is 5. The minimum Gasteiger partial charge on any atom is -0.454 e. The van der Waals surface area contributed by atoms with Gasteiger partial charge in [0.05, 0.1) is 0 Å². The molecule has 0 saturated carbocycles. The summed E-state index contributed by atoms with van der Waals surface area (Å²) in [5.74, 6) is 1.26. The van der Waals surface area contributed by atoms with Crippen LogP contribution in [0, 0.1) is 11.3 Å². The maximum absolute atomic E-state index is 11.6. The van der Waals surface area contributed by atoms with Crippen LogP contribution < -0.4 is 20.1 Å². The molecular formula is C14H14ClN3O3. The third-order valence-corrected chi connectivity index (χ3v) is 2.92. The van der Waals surface area contributed by atoms with E-state index >= 15 is 0 Å². The van der Waals surface area contributed by atoms with Crippen LogP contribution in [0.1, 0.15) is 5.56 Å². The maximum atomic E-state index is 11.6. The number of hydrogen-bond donors (Lipinski definition) is 2. The van der Waals surface area contributed by atoms with Gasteiger partial charge in [-0.05, 0) is 17.7 Å². The van der Waals surface area contributed by atoms with Crippen LogP contribution in [0.4, 0.5) is 0 Å². The Morgan fingerprint density at radius 3 is 3.00 bits per heavy atom. The molecule has 6 nitrogen and oxygen atoms in total. The summed E-state index contributed by atoms with van der Waals surface area (Å²) in [7, 11) is 0. The molecule has 1 aliphatic heterocycles. The van der Waals surface area contributed by atoms with Crippen LogP contribution in [0.2, 0.25) is 0 Å². The van der Waals surface area contributed by atoms with Crippen molar-refractivity contribution in [2.75, 3.05) is 19.2 Å². The van der Waals surface area contributed by atoms with Crippen LogP contribution in [0.15, 0.2) is 30.0 Å². The molecule has 21 heavy (non-hydrogen) atoms. The van der Waals surface area contributed by atoms with Crippen LogP contribution in [-0.2, 0) is 11.3 Å². The Bertz CT molecular complexity index is 596. The van der Waals surface area contributed by atoms with Crippen molar-refractivity contribution in [3.63, 3.8) is 0 Å². The Hall–Kier alpha value is -2.39. The van der Waals surface area contributed by atoms with E-state index in [1.807, 2.05) is 24.3 Å². The molecule has 0 fully saturated rings. The number of ether oxygens (including phenoxy) is 2. The first-order chi connectivity index (χ1) is 10.2. The molecule has 0 aromatic heterocycles. The standard InChI is InChI=1S/C14H14ClN3O3/c15-3-4-18-14(19)11(6-16)8-17-7-10-1-2-12-13(5-10)21-9-20-12/h1-2,5,8,17H,3-4,7,9H2,(H,18,19)/b11-8-. The summed E-state index contributed by atoms with van der Waals surface area (Å²) in [6.45, 7) is 1.01. The number of alkyl halides is 1. The van der Waals surface area contributed by atoms with Crippen molar-refractivity contribution < 1.29 is 14.3 Å². The number of halogens is 1. The molecule has 1 aromatic carbocycles. The van der Waals surface area contributed by atoms with Gasteiger partial charge in [0, 0.05) is 25.2 Å². The first-order valence-corrected chi connectivity index (χ1v) is 6.84. The summed E-state index contributed by atoms with van der Waals surface area (Å²) in [5.41, 5.74) is 0.954. The summed E-state index contributed by atoms with van der Waals surface area (Å²) in [5, 5.41) is 14.4. The molecule has 0 atom stereocenters. The third-order valence-electron chi connectivity index (χ3n) is 2.73. The van der Waals surface area contributed by atoms with Gasteiger partial charge in [0.1, 0.15) is 11.6 Å². The Kier molecular flexibility index (Phi) is 5.29. The van der Waals surface area contributed by atoms with Crippen LogP contribution in [-0.4, -0.2) is 25.1 Å². The van der Waals surface area contributed by atoms with Gasteiger partial charge in [-0.25, -0.2) is 0 Å². The molecule has 0 saturated heterocycles. The number of carbonyl (C=O) groups excluding carboxylic acids is 1. The Labute approximate surface area is 127 Å². The molecule has 1 aromatic rings. The van der Waals surface area contributed by atoms with Gasteiger partial charge in [0.15, 0.2) is 11.5 Å². The van der Waals surface area contributed by atoms with E-state index in [0.29, 0.717) is 30.5 Å². The minimum absolute atomic E-state index is 0.000796. The number of benzene rings is 1. The van der Waals surface area contributed by atoms with Gasteiger partial charge >= 0.3 is 0 Å². The summed E-state index contributed by atoms with van der Waals surface area (Å²) in [6, 6.07) is 7.39. The van der Waals surface area contributed by atoms with Crippen LogP contribution >= 0.6 is 11.6 Å². The van der Waals surface area contributed by atoms with Crippen molar-refractivity contribution in [3.8, 4) is 17.6 Å². The molecule has 1 aliphatic rings. The largest absolute Gasteiger partial charge is 0.454 e. The zero-order chi connectivity index (χ0) is 15.1. The van der Waals surface area contributed by atoms with Gasteiger partial charge in [0.2, 0.25) is 6.79 Å². The SMILES string of the molecule is N#C/C(=C/NCc1ccc2c(c1)OCO2)C(=O)NCCCl. The first-order valence-electron chi connectivity index (χ1n) is 6.31. The predicted octanol–water partition coefficient (Wildman–Crippen LogP) is 1.27. The minimum atomic E-state index is -0.448. The smallest absolute Gasteiger partial charge is 0.263 e. The molecule has 7 heteroatoms. The zero-order valence-electron chi connectivity index (χ0n) is 11.2. The van der Waals surface area contributed by atoms with Crippen molar-refractivity contribution in [2.45, 2.75) is 6.54 Å². The van der Waals surface area contributed by atoms with Crippen molar-refractivity contribution in [3.05, 3.63) is 35.5 Å². The molecule has 110 valence electrons. The summed E-state index contributed by atoms with van der Waals surface area (Å²) in [6.07, 6.45) is 1.38. The lowest BCUT2D eigenvalue weighted by Crippen LogP contribution is -2.27. The number of nitrogens with zero attached hydrogens (tertiary/aromatic N) is 1. The number of fused-ring (bicyclic) bond motifs is 1. The number of rotatable bonds is 6. The summed E-state index contributed by atoms with van der Waals surface area (Å²) < 4.78 is 10.5. The van der Waals surface area contributed by atoms with Gasteiger partial charge in [0.25, 0.3) is 5.91 Å². The number of amides is 1. The van der Waals surface area contributed by atoms with E-state index in [9.17, 15) is 4.79 Å². The Morgan fingerprint density at radius 1 is 1.43 bits per heavy atom. The van der Waals surface area contributed by atoms with Crippen molar-refractivity contribution in [1.29, 1.82) is 5.26 Å². The Balaban J connectivity index is 1.91. The van der Waals surface area contributed by atoms with E-state index in [2.05, 4.69) is 10.6 Å². The predicted molar refractivity (Wildman–Crippen MR) is 76.8 cm³/mol. The highest BCUT2D eigenvalue weighted by atomic mass is 35.5. The fourth-order valence-electron chi connectivity index (χ4n) is 1.73. The van der Waals surface area contributed by atoms with E-state index in [1.165, 1.54) is 6.20 Å². The van der Waals surface area contributed by atoms with Gasteiger partial charge in [-0.2, -0.15) is 5.26 Å². The van der Waals surface area contributed by atoms with Crippen LogP contribution in [0.5, 0.6) is 11.5 Å². The highest BCUT2D eigenvalue weighted by Gasteiger charge is 2.13. The van der Waals surface area contributed by atoms with E-state index in [-0.39, 0.29) is 12.4 Å². The lowest BCUT2D eigenvalue weighted by atomic mass is 10.2. The fraction of sp³-hybridized carbons (Fsp3) is 0.286. The second-order valence-electron chi connectivity index (χ2n) is 4.18. The topological polar surface area (TPSA) is 83.4 Å². The molecule has 2 N–H and O–H groups in total. The first kappa shape index (κ1) is 15.0. The highest BCUT2D eigenvalue weighted by Crippen LogP contribution is 2.32. The monoisotopic (exact) mass is 307 g/mol. The number of carbonyl (C=O) groups is 1. The summed E-state index contributed by atoms with van der Waals surface area (Å²) in [4.78, 5) is 11.6. The van der Waals surface area contributed by atoms with Crippen molar-refractivity contribution in [1.82, 2.24) is 10.6 Å². The second-order valence-corrected chi connectivity index (χ2v) is 4.56. The van der Waals surface area contributed by atoms with E-state index in [4.69, 9.17) is 26.3 Å². The molecule has 0 aliphatic carbocycles. The molecule has 0 spiro atoms. The van der Waals surface area contributed by atoms with Crippen LogP contribution in [0.25, 0.3) is 0 Å². The molecule has 0 bridgehead atoms. The maximum Gasteiger partial charge on any atom is 0.263 e. The van der Waals surface area contributed by atoms with Gasteiger partial charge in [-0.3, -0.25) is 4.79 Å². The molecule has 0 radical (unpaired) electrons. The summed E-state index contributed by atoms with van der Waals surface area (Å²) >= 11 is 5.47. The molecule has 1 amide bonds. The van der Waals surface area contributed by atoms with Crippen LogP contribution in [0.3, 0.4) is 0 Å². The van der Waals surface area contributed by atoms with E-state index in [1.54, 1.807) is 0 Å². The van der Waals surface area contributed by atoms with Gasteiger partial charge in [-0.15, -0.1) is 11.6 Å². The highest BCUT2D eigenvalue weighted by molar-refractivity contribution is 6.18. The number of nitriles is 1. The second kappa shape index (κ2) is 7.41.